The number of hydrogen-bond acceptors (Lipinski definition) is 2. The smallest absolute Gasteiger partial charge is 0.254 e. The van der Waals surface area contributed by atoms with Gasteiger partial charge in [-0.05, 0) is 41.8 Å². The van der Waals surface area contributed by atoms with E-state index in [1.54, 1.807) is 4.90 Å². The fraction of sp³-hybridized carbons (Fsp3) is 0.188. The Hall–Kier alpha value is -2.07. The SMILES string of the molecule is O=C(c1ccc(O)c(F)c1)N1CCc2c(Cl)cccc2C1. The minimum atomic E-state index is -0.790. The molecule has 1 aliphatic heterocycles. The predicted octanol–water partition coefficient (Wildman–Crippen LogP) is 3.38. The zero-order chi connectivity index (χ0) is 15.0. The van der Waals surface area contributed by atoms with Crippen LogP contribution in [0.15, 0.2) is 36.4 Å². The van der Waals surface area contributed by atoms with Gasteiger partial charge in [0.15, 0.2) is 11.6 Å². The van der Waals surface area contributed by atoms with Gasteiger partial charge in [-0.15, -0.1) is 0 Å². The third-order valence-corrected chi connectivity index (χ3v) is 4.04. The lowest BCUT2D eigenvalue weighted by atomic mass is 9.99. The molecule has 2 aromatic rings. The zero-order valence-corrected chi connectivity index (χ0v) is 11.9. The summed E-state index contributed by atoms with van der Waals surface area (Å²) in [6, 6.07) is 9.32. The number of phenolic OH excluding ortho intramolecular Hbond substituents is 1. The molecule has 1 aliphatic rings. The van der Waals surface area contributed by atoms with Crippen molar-refractivity contribution in [2.24, 2.45) is 0 Å². The number of rotatable bonds is 1. The van der Waals surface area contributed by atoms with Gasteiger partial charge >= 0.3 is 0 Å². The molecule has 0 aromatic heterocycles. The van der Waals surface area contributed by atoms with E-state index < -0.39 is 11.6 Å². The maximum absolute atomic E-state index is 13.4. The van der Waals surface area contributed by atoms with Crippen molar-refractivity contribution in [2.75, 3.05) is 6.54 Å². The first kappa shape index (κ1) is 13.9. The van der Waals surface area contributed by atoms with E-state index in [1.807, 2.05) is 18.2 Å². The van der Waals surface area contributed by atoms with E-state index in [4.69, 9.17) is 11.6 Å². The summed E-state index contributed by atoms with van der Waals surface area (Å²) in [4.78, 5) is 14.1. The summed E-state index contributed by atoms with van der Waals surface area (Å²) in [5.41, 5.74) is 2.32. The standard InChI is InChI=1S/C16H13ClFNO2/c17-13-3-1-2-11-9-19(7-6-12(11)13)16(21)10-4-5-15(20)14(18)8-10/h1-5,8,20H,6-7,9H2. The lowest BCUT2D eigenvalue weighted by Gasteiger charge is -2.29. The van der Waals surface area contributed by atoms with Gasteiger partial charge in [0.2, 0.25) is 0 Å². The highest BCUT2D eigenvalue weighted by molar-refractivity contribution is 6.31. The molecule has 3 nitrogen and oxygen atoms in total. The molecule has 0 saturated heterocycles. The maximum Gasteiger partial charge on any atom is 0.254 e. The second kappa shape index (κ2) is 5.37. The average molecular weight is 306 g/mol. The Bertz CT molecular complexity index is 717. The molecule has 21 heavy (non-hydrogen) atoms. The molecular weight excluding hydrogens is 293 g/mol. The zero-order valence-electron chi connectivity index (χ0n) is 11.1. The van der Waals surface area contributed by atoms with Crippen LogP contribution in [0.1, 0.15) is 21.5 Å². The number of benzene rings is 2. The second-order valence-electron chi connectivity index (χ2n) is 5.02. The van der Waals surface area contributed by atoms with Gasteiger partial charge in [-0.25, -0.2) is 4.39 Å². The van der Waals surface area contributed by atoms with Crippen LogP contribution in [0, 0.1) is 5.82 Å². The molecule has 0 spiro atoms. The molecule has 0 radical (unpaired) electrons. The minimum Gasteiger partial charge on any atom is -0.505 e. The predicted molar refractivity (Wildman–Crippen MR) is 78.0 cm³/mol. The van der Waals surface area contributed by atoms with Gasteiger partial charge in [0.1, 0.15) is 0 Å². The van der Waals surface area contributed by atoms with Gasteiger partial charge in [-0.1, -0.05) is 23.7 Å². The van der Waals surface area contributed by atoms with E-state index >= 15 is 0 Å². The van der Waals surface area contributed by atoms with Crippen molar-refractivity contribution in [1.29, 1.82) is 0 Å². The molecule has 1 amide bonds. The molecule has 2 aromatic carbocycles. The normalized spacial score (nSPS) is 13.9. The first-order valence-corrected chi connectivity index (χ1v) is 6.98. The molecule has 0 unspecified atom stereocenters. The summed E-state index contributed by atoms with van der Waals surface area (Å²) < 4.78 is 13.4. The van der Waals surface area contributed by atoms with Gasteiger partial charge < -0.3 is 10.0 Å². The highest BCUT2D eigenvalue weighted by atomic mass is 35.5. The first-order valence-electron chi connectivity index (χ1n) is 6.60. The Kier molecular flexibility index (Phi) is 3.55. The van der Waals surface area contributed by atoms with Crippen molar-refractivity contribution >= 4 is 17.5 Å². The number of hydrogen-bond donors (Lipinski definition) is 1. The van der Waals surface area contributed by atoms with Crippen LogP contribution >= 0.6 is 11.6 Å². The topological polar surface area (TPSA) is 40.5 Å². The van der Waals surface area contributed by atoms with E-state index in [2.05, 4.69) is 0 Å². The highest BCUT2D eigenvalue weighted by Crippen LogP contribution is 2.27. The van der Waals surface area contributed by atoms with Gasteiger partial charge in [0, 0.05) is 23.7 Å². The van der Waals surface area contributed by atoms with Crippen molar-refractivity contribution in [3.63, 3.8) is 0 Å². The quantitative estimate of drug-likeness (QED) is 0.877. The van der Waals surface area contributed by atoms with Crippen LogP contribution in [0.3, 0.4) is 0 Å². The van der Waals surface area contributed by atoms with E-state index in [0.717, 1.165) is 22.2 Å². The molecule has 108 valence electrons. The van der Waals surface area contributed by atoms with Gasteiger partial charge in [0.25, 0.3) is 5.91 Å². The molecule has 0 bridgehead atoms. The van der Waals surface area contributed by atoms with Crippen molar-refractivity contribution in [3.05, 3.63) is 63.9 Å². The van der Waals surface area contributed by atoms with Crippen LogP contribution in [0.4, 0.5) is 4.39 Å². The third kappa shape index (κ3) is 2.59. The van der Waals surface area contributed by atoms with Gasteiger partial charge in [-0.3, -0.25) is 4.79 Å². The molecule has 1 N–H and O–H groups in total. The van der Waals surface area contributed by atoms with E-state index in [0.29, 0.717) is 19.5 Å². The lowest BCUT2D eigenvalue weighted by Crippen LogP contribution is -2.36. The van der Waals surface area contributed by atoms with Crippen molar-refractivity contribution in [2.45, 2.75) is 13.0 Å². The number of amides is 1. The van der Waals surface area contributed by atoms with Crippen LogP contribution in [-0.4, -0.2) is 22.5 Å². The average Bonchev–Trinajstić information content (AvgIpc) is 2.49. The van der Waals surface area contributed by atoms with E-state index in [-0.39, 0.29) is 11.5 Å². The summed E-state index contributed by atoms with van der Waals surface area (Å²) in [7, 11) is 0. The maximum atomic E-state index is 13.4. The molecule has 0 saturated carbocycles. The Morgan fingerprint density at radius 3 is 2.86 bits per heavy atom. The van der Waals surface area contributed by atoms with Gasteiger partial charge in [-0.2, -0.15) is 0 Å². The molecule has 0 atom stereocenters. The molecule has 1 heterocycles. The van der Waals surface area contributed by atoms with Gasteiger partial charge in [0.05, 0.1) is 0 Å². The van der Waals surface area contributed by atoms with Crippen LogP contribution in [0.25, 0.3) is 0 Å². The number of halogens is 2. The fourth-order valence-electron chi connectivity index (χ4n) is 2.56. The van der Waals surface area contributed by atoms with E-state index in [1.165, 1.54) is 12.1 Å². The minimum absolute atomic E-state index is 0.232. The third-order valence-electron chi connectivity index (χ3n) is 3.69. The molecular formula is C16H13ClFNO2. The molecule has 0 fully saturated rings. The molecule has 0 aliphatic carbocycles. The molecule has 3 rings (SSSR count). The Morgan fingerprint density at radius 2 is 2.10 bits per heavy atom. The Labute approximate surface area is 126 Å². The number of carbonyl (C=O) groups excluding carboxylic acids is 1. The summed E-state index contributed by atoms with van der Waals surface area (Å²) in [5, 5.41) is 9.90. The summed E-state index contributed by atoms with van der Waals surface area (Å²) in [6.45, 7) is 0.995. The lowest BCUT2D eigenvalue weighted by molar-refractivity contribution is 0.0734. The largest absolute Gasteiger partial charge is 0.505 e. The highest BCUT2D eigenvalue weighted by Gasteiger charge is 2.23. The summed E-state index contributed by atoms with van der Waals surface area (Å²) in [6.07, 6.45) is 0.682. The van der Waals surface area contributed by atoms with Crippen molar-refractivity contribution < 1.29 is 14.3 Å². The summed E-state index contributed by atoms with van der Waals surface area (Å²) in [5.74, 6) is -1.50. The van der Waals surface area contributed by atoms with Crippen molar-refractivity contribution in [1.82, 2.24) is 4.90 Å². The number of aromatic hydroxyl groups is 1. The van der Waals surface area contributed by atoms with Crippen LogP contribution in [0.2, 0.25) is 5.02 Å². The Morgan fingerprint density at radius 1 is 1.29 bits per heavy atom. The monoisotopic (exact) mass is 305 g/mol. The van der Waals surface area contributed by atoms with Crippen LogP contribution < -0.4 is 0 Å². The van der Waals surface area contributed by atoms with Crippen LogP contribution in [0.5, 0.6) is 5.75 Å². The number of fused-ring (bicyclic) bond motifs is 1. The number of carbonyl (C=O) groups is 1. The first-order chi connectivity index (χ1) is 10.1. The van der Waals surface area contributed by atoms with Crippen molar-refractivity contribution in [3.8, 4) is 5.75 Å². The second-order valence-corrected chi connectivity index (χ2v) is 5.43. The fourth-order valence-corrected chi connectivity index (χ4v) is 2.85. The van der Waals surface area contributed by atoms with Crippen LogP contribution in [-0.2, 0) is 13.0 Å². The summed E-state index contributed by atoms with van der Waals surface area (Å²) >= 11 is 6.14. The molecule has 5 heteroatoms. The number of nitrogens with zero attached hydrogens (tertiary/aromatic N) is 1. The number of phenols is 1. The Balaban J connectivity index is 1.85. The van der Waals surface area contributed by atoms with E-state index in [9.17, 15) is 14.3 Å².